The number of anilines is 1. The monoisotopic (exact) mass is 330 g/mol. The van der Waals surface area contributed by atoms with Gasteiger partial charge in [0, 0.05) is 51.0 Å². The first-order valence-electron chi connectivity index (χ1n) is 8.70. The van der Waals surface area contributed by atoms with Crippen LogP contribution in [0.25, 0.3) is 0 Å². The largest absolute Gasteiger partial charge is 0.369 e. The average Bonchev–Trinajstić information content (AvgIpc) is 2.61. The van der Waals surface area contributed by atoms with E-state index in [0.29, 0.717) is 6.54 Å². The van der Waals surface area contributed by atoms with Gasteiger partial charge in [0.15, 0.2) is 0 Å². The Hall–Kier alpha value is -2.08. The summed E-state index contributed by atoms with van der Waals surface area (Å²) in [7, 11) is 0. The van der Waals surface area contributed by atoms with Crippen molar-refractivity contribution in [2.75, 3.05) is 44.2 Å². The lowest BCUT2D eigenvalue weighted by Gasteiger charge is -2.38. The minimum atomic E-state index is -0.256. The molecule has 0 saturated carbocycles. The van der Waals surface area contributed by atoms with Crippen LogP contribution in [0.4, 0.5) is 10.5 Å². The Morgan fingerprint density at radius 3 is 2.33 bits per heavy atom. The van der Waals surface area contributed by atoms with Gasteiger partial charge >= 0.3 is 6.03 Å². The number of benzene rings is 1. The van der Waals surface area contributed by atoms with E-state index in [1.54, 1.807) is 0 Å². The van der Waals surface area contributed by atoms with Crippen LogP contribution in [0, 0.1) is 5.92 Å². The molecule has 2 aliphatic rings. The van der Waals surface area contributed by atoms with Crippen LogP contribution in [0.5, 0.6) is 0 Å². The van der Waals surface area contributed by atoms with Crippen LogP contribution >= 0.6 is 0 Å². The first-order valence-corrected chi connectivity index (χ1v) is 8.70. The van der Waals surface area contributed by atoms with Crippen molar-refractivity contribution >= 4 is 17.6 Å². The number of para-hydroxylation sites is 1. The zero-order valence-corrected chi connectivity index (χ0v) is 14.4. The van der Waals surface area contributed by atoms with Gasteiger partial charge in [-0.05, 0) is 19.1 Å². The van der Waals surface area contributed by atoms with Crippen LogP contribution in [0.3, 0.4) is 0 Å². The van der Waals surface area contributed by atoms with E-state index in [0.717, 1.165) is 32.7 Å². The molecule has 2 saturated heterocycles. The molecule has 2 unspecified atom stereocenters. The summed E-state index contributed by atoms with van der Waals surface area (Å²) in [5.41, 5.74) is 1.26. The summed E-state index contributed by atoms with van der Waals surface area (Å²) in [6, 6.07) is 10.1. The van der Waals surface area contributed by atoms with E-state index < -0.39 is 0 Å². The molecule has 0 aliphatic carbocycles. The van der Waals surface area contributed by atoms with Crippen molar-refractivity contribution in [2.24, 2.45) is 5.92 Å². The van der Waals surface area contributed by atoms with Crippen LogP contribution < -0.4 is 10.2 Å². The fourth-order valence-corrected chi connectivity index (χ4v) is 3.28. The highest BCUT2D eigenvalue weighted by Crippen LogP contribution is 2.17. The van der Waals surface area contributed by atoms with Crippen molar-refractivity contribution in [3.8, 4) is 0 Å². The molecule has 6 heteroatoms. The van der Waals surface area contributed by atoms with Gasteiger partial charge in [0.05, 0.1) is 5.92 Å². The minimum Gasteiger partial charge on any atom is -0.369 e. The van der Waals surface area contributed by atoms with Gasteiger partial charge in [-0.2, -0.15) is 0 Å². The number of hydrogen-bond acceptors (Lipinski definition) is 4. The number of urea groups is 1. The molecule has 2 fully saturated rings. The first-order chi connectivity index (χ1) is 11.6. The fraction of sp³-hybridized carbons (Fsp3) is 0.556. The predicted octanol–water partition coefficient (Wildman–Crippen LogP) is 1.38. The van der Waals surface area contributed by atoms with Crippen molar-refractivity contribution in [1.29, 1.82) is 0 Å². The molecule has 0 aromatic heterocycles. The summed E-state index contributed by atoms with van der Waals surface area (Å²) in [6.45, 7) is 8.79. The Morgan fingerprint density at radius 2 is 1.67 bits per heavy atom. The summed E-state index contributed by atoms with van der Waals surface area (Å²) < 4.78 is 0. The molecule has 2 heterocycles. The van der Waals surface area contributed by atoms with Crippen molar-refractivity contribution in [1.82, 2.24) is 15.1 Å². The second-order valence-corrected chi connectivity index (χ2v) is 6.68. The number of amides is 3. The summed E-state index contributed by atoms with van der Waals surface area (Å²) in [6.07, 6.45) is 0. The van der Waals surface area contributed by atoms with Crippen LogP contribution in [0.15, 0.2) is 30.3 Å². The number of nitrogens with zero attached hydrogens (tertiary/aromatic N) is 3. The second kappa shape index (κ2) is 7.21. The van der Waals surface area contributed by atoms with Gasteiger partial charge in [-0.15, -0.1) is 0 Å². The van der Waals surface area contributed by atoms with E-state index in [-0.39, 0.29) is 23.9 Å². The van der Waals surface area contributed by atoms with Gasteiger partial charge in [0.2, 0.25) is 5.91 Å². The van der Waals surface area contributed by atoms with Gasteiger partial charge < -0.3 is 10.2 Å². The maximum absolute atomic E-state index is 12.3. The van der Waals surface area contributed by atoms with Crippen LogP contribution in [0.1, 0.15) is 13.8 Å². The lowest BCUT2D eigenvalue weighted by molar-refractivity contribution is -0.134. The molecule has 1 aromatic carbocycles. The lowest BCUT2D eigenvalue weighted by Crippen LogP contribution is -2.60. The Kier molecular flexibility index (Phi) is 5.04. The maximum Gasteiger partial charge on any atom is 0.324 e. The van der Waals surface area contributed by atoms with Gasteiger partial charge in [-0.1, -0.05) is 25.1 Å². The highest BCUT2D eigenvalue weighted by Gasteiger charge is 2.36. The second-order valence-electron chi connectivity index (χ2n) is 6.68. The number of carbonyl (C=O) groups is 2. The topological polar surface area (TPSA) is 55.9 Å². The molecular formula is C18H26N4O2. The molecule has 3 amide bonds. The third-order valence-corrected chi connectivity index (χ3v) is 5.14. The lowest BCUT2D eigenvalue weighted by atomic mass is 10.00. The van der Waals surface area contributed by atoms with E-state index in [2.05, 4.69) is 39.4 Å². The number of piperazine rings is 1. The molecule has 2 aliphatic heterocycles. The Labute approximate surface area is 143 Å². The smallest absolute Gasteiger partial charge is 0.324 e. The predicted molar refractivity (Wildman–Crippen MR) is 94.0 cm³/mol. The Balaban J connectivity index is 1.48. The number of hydrogen-bond donors (Lipinski definition) is 1. The van der Waals surface area contributed by atoms with Gasteiger partial charge in [-0.3, -0.25) is 14.6 Å². The fourth-order valence-electron chi connectivity index (χ4n) is 3.28. The molecule has 0 spiro atoms. The van der Waals surface area contributed by atoms with Crippen molar-refractivity contribution in [2.45, 2.75) is 19.9 Å². The van der Waals surface area contributed by atoms with Gasteiger partial charge in [-0.25, -0.2) is 4.79 Å². The summed E-state index contributed by atoms with van der Waals surface area (Å²) in [5.74, 6) is -0.216. The van der Waals surface area contributed by atoms with Crippen molar-refractivity contribution in [3.05, 3.63) is 30.3 Å². The van der Waals surface area contributed by atoms with Gasteiger partial charge in [0.25, 0.3) is 0 Å². The maximum atomic E-state index is 12.3. The molecule has 1 N–H and O–H groups in total. The minimum absolute atomic E-state index is 0.0610. The summed E-state index contributed by atoms with van der Waals surface area (Å²) in [5, 5.41) is 2.87. The highest BCUT2D eigenvalue weighted by atomic mass is 16.2. The van der Waals surface area contributed by atoms with Crippen LogP contribution in [0.2, 0.25) is 0 Å². The third kappa shape index (κ3) is 3.53. The molecule has 130 valence electrons. The van der Waals surface area contributed by atoms with E-state index in [4.69, 9.17) is 0 Å². The SMILES string of the molecule is CC1NC(=O)N(CCN2CCN(c3ccccc3)CC2)C(=O)C1C. The van der Waals surface area contributed by atoms with E-state index in [9.17, 15) is 9.59 Å². The van der Waals surface area contributed by atoms with E-state index in [1.165, 1.54) is 10.6 Å². The quantitative estimate of drug-likeness (QED) is 0.906. The number of rotatable bonds is 4. The zero-order valence-electron chi connectivity index (χ0n) is 14.4. The Bertz CT molecular complexity index is 584. The highest BCUT2D eigenvalue weighted by molar-refractivity contribution is 5.98. The third-order valence-electron chi connectivity index (χ3n) is 5.14. The molecule has 3 rings (SSSR count). The molecule has 6 nitrogen and oxygen atoms in total. The van der Waals surface area contributed by atoms with Crippen LogP contribution in [-0.4, -0.2) is 67.0 Å². The molecule has 1 aromatic rings. The van der Waals surface area contributed by atoms with E-state index in [1.807, 2.05) is 19.9 Å². The first kappa shape index (κ1) is 16.8. The number of nitrogens with one attached hydrogen (secondary N) is 1. The molecule has 0 bridgehead atoms. The average molecular weight is 330 g/mol. The molecule has 2 atom stereocenters. The van der Waals surface area contributed by atoms with Crippen LogP contribution in [-0.2, 0) is 4.79 Å². The zero-order chi connectivity index (χ0) is 17.1. The molecular weight excluding hydrogens is 304 g/mol. The van der Waals surface area contributed by atoms with Gasteiger partial charge in [0.1, 0.15) is 0 Å². The summed E-state index contributed by atoms with van der Waals surface area (Å²) in [4.78, 5) is 30.4. The molecule has 24 heavy (non-hydrogen) atoms. The number of imide groups is 1. The van der Waals surface area contributed by atoms with E-state index >= 15 is 0 Å². The summed E-state index contributed by atoms with van der Waals surface area (Å²) >= 11 is 0. The standard InChI is InChI=1S/C18H26N4O2/c1-14-15(2)19-18(24)22(17(14)23)13-10-20-8-11-21(12-9-20)16-6-4-3-5-7-16/h3-7,14-15H,8-13H2,1-2H3,(H,19,24). The number of carbonyl (C=O) groups excluding carboxylic acids is 2. The Morgan fingerprint density at radius 1 is 1.00 bits per heavy atom. The van der Waals surface area contributed by atoms with Crippen molar-refractivity contribution in [3.63, 3.8) is 0 Å². The normalized spacial score (nSPS) is 25.8. The van der Waals surface area contributed by atoms with Crippen molar-refractivity contribution < 1.29 is 9.59 Å². The molecule has 0 radical (unpaired) electrons.